The van der Waals surface area contributed by atoms with Crippen LogP contribution in [0.5, 0.6) is 0 Å². The summed E-state index contributed by atoms with van der Waals surface area (Å²) in [6.45, 7) is 8.85. The molecule has 0 aliphatic carbocycles. The third-order valence-electron chi connectivity index (χ3n) is 2.49. The molecule has 0 saturated carbocycles. The fraction of sp³-hybridized carbons (Fsp3) is 0.529. The molecule has 0 spiro atoms. The van der Waals surface area contributed by atoms with Crippen LogP contribution in [-0.2, 0) is 14.3 Å². The normalized spacial score (nSPS) is 12.6. The molecular weight excluding hydrogens is 314 g/mol. The summed E-state index contributed by atoms with van der Waals surface area (Å²) in [6, 6.07) is 8.90. The molecule has 6 heteroatoms. The number of alkyl carbamates (subject to hydrolysis) is 1. The number of amides is 1. The monoisotopic (exact) mass is 339 g/mol. The number of rotatable bonds is 6. The van der Waals surface area contributed by atoms with E-state index in [0.717, 1.165) is 4.90 Å². The van der Waals surface area contributed by atoms with Gasteiger partial charge in [-0.25, -0.2) is 9.59 Å². The van der Waals surface area contributed by atoms with Gasteiger partial charge in [0.2, 0.25) is 0 Å². The van der Waals surface area contributed by atoms with E-state index in [1.807, 2.05) is 30.3 Å². The number of carbonyl (C=O) groups is 2. The number of carbonyl (C=O) groups excluding carboxylic acids is 2. The highest BCUT2D eigenvalue weighted by Crippen LogP contribution is 2.19. The Kier molecular flexibility index (Phi) is 7.42. The van der Waals surface area contributed by atoms with Crippen molar-refractivity contribution in [3.8, 4) is 0 Å². The van der Waals surface area contributed by atoms with Crippen molar-refractivity contribution in [2.45, 2.75) is 57.3 Å². The van der Waals surface area contributed by atoms with Crippen molar-refractivity contribution in [2.24, 2.45) is 0 Å². The number of hydrogen-bond donors (Lipinski definition) is 1. The van der Waals surface area contributed by atoms with E-state index in [2.05, 4.69) is 5.32 Å². The second kappa shape index (κ2) is 8.82. The lowest BCUT2D eigenvalue weighted by Crippen LogP contribution is -2.46. The van der Waals surface area contributed by atoms with Crippen LogP contribution in [0, 0.1) is 0 Å². The van der Waals surface area contributed by atoms with Gasteiger partial charge in [-0.05, 0) is 46.8 Å². The average molecular weight is 339 g/mol. The van der Waals surface area contributed by atoms with Crippen LogP contribution in [0.4, 0.5) is 4.79 Å². The summed E-state index contributed by atoms with van der Waals surface area (Å²) in [5, 5.41) is 2.59. The van der Waals surface area contributed by atoms with Gasteiger partial charge in [0.05, 0.1) is 6.10 Å². The van der Waals surface area contributed by atoms with E-state index in [1.165, 1.54) is 11.8 Å². The summed E-state index contributed by atoms with van der Waals surface area (Å²) in [6.07, 6.45) is -0.871. The van der Waals surface area contributed by atoms with Crippen molar-refractivity contribution in [1.29, 1.82) is 0 Å². The molecule has 1 unspecified atom stereocenters. The molecule has 1 N–H and O–H groups in total. The number of nitrogens with one attached hydrogen (secondary N) is 1. The van der Waals surface area contributed by atoms with Gasteiger partial charge in [0.15, 0.2) is 0 Å². The molecule has 23 heavy (non-hydrogen) atoms. The van der Waals surface area contributed by atoms with Gasteiger partial charge in [-0.1, -0.05) is 18.2 Å². The summed E-state index contributed by atoms with van der Waals surface area (Å²) >= 11 is 1.47. The van der Waals surface area contributed by atoms with Crippen molar-refractivity contribution in [3.05, 3.63) is 30.3 Å². The first kappa shape index (κ1) is 19.4. The van der Waals surface area contributed by atoms with Gasteiger partial charge in [-0.2, -0.15) is 0 Å². The Balaban J connectivity index is 2.68. The fourth-order valence-corrected chi connectivity index (χ4v) is 2.56. The smallest absolute Gasteiger partial charge is 0.408 e. The minimum absolute atomic E-state index is 0.243. The maximum Gasteiger partial charge on any atom is 0.408 e. The zero-order chi connectivity index (χ0) is 17.5. The second-order valence-corrected chi connectivity index (χ2v) is 7.40. The predicted octanol–water partition coefficient (Wildman–Crippen LogP) is 3.62. The highest BCUT2D eigenvalue weighted by Gasteiger charge is 2.26. The molecule has 0 radical (unpaired) electrons. The lowest BCUT2D eigenvalue weighted by Gasteiger charge is -2.23. The minimum atomic E-state index is -0.766. The number of benzene rings is 1. The number of esters is 1. The molecule has 0 saturated heterocycles. The van der Waals surface area contributed by atoms with Gasteiger partial charge < -0.3 is 14.8 Å². The molecule has 1 amide bonds. The van der Waals surface area contributed by atoms with E-state index in [-0.39, 0.29) is 6.10 Å². The maximum atomic E-state index is 12.2. The summed E-state index contributed by atoms with van der Waals surface area (Å²) in [5.74, 6) is -0.0938. The van der Waals surface area contributed by atoms with Gasteiger partial charge in [0.25, 0.3) is 0 Å². The zero-order valence-corrected chi connectivity index (χ0v) is 15.1. The standard InChI is InChI=1S/C17H25NO4S/c1-12(2)21-15(19)14(18-16(20)22-17(3,4)5)11-23-13-9-7-6-8-10-13/h6-10,12,14H,11H2,1-5H3,(H,18,20). The van der Waals surface area contributed by atoms with Gasteiger partial charge in [-0.3, -0.25) is 0 Å². The third kappa shape index (κ3) is 8.50. The first-order valence-corrected chi connectivity index (χ1v) is 8.54. The molecule has 0 aliphatic heterocycles. The van der Waals surface area contributed by atoms with Crippen LogP contribution < -0.4 is 5.32 Å². The van der Waals surface area contributed by atoms with E-state index < -0.39 is 23.7 Å². The minimum Gasteiger partial charge on any atom is -0.461 e. The van der Waals surface area contributed by atoms with Crippen LogP contribution in [0.15, 0.2) is 35.2 Å². The zero-order valence-electron chi connectivity index (χ0n) is 14.3. The molecule has 1 aromatic carbocycles. The SMILES string of the molecule is CC(C)OC(=O)C(CSc1ccccc1)NC(=O)OC(C)(C)C. The molecule has 0 fully saturated rings. The van der Waals surface area contributed by atoms with Gasteiger partial charge >= 0.3 is 12.1 Å². The van der Waals surface area contributed by atoms with Gasteiger partial charge in [0.1, 0.15) is 11.6 Å². The summed E-state index contributed by atoms with van der Waals surface area (Å²) < 4.78 is 10.4. The molecule has 0 heterocycles. The van der Waals surface area contributed by atoms with Gasteiger partial charge in [0, 0.05) is 10.6 Å². The number of thioether (sulfide) groups is 1. The van der Waals surface area contributed by atoms with Crippen LogP contribution in [0.3, 0.4) is 0 Å². The molecule has 0 aromatic heterocycles. The Bertz CT molecular complexity index is 511. The van der Waals surface area contributed by atoms with Crippen LogP contribution in [0.1, 0.15) is 34.6 Å². The van der Waals surface area contributed by atoms with Gasteiger partial charge in [-0.15, -0.1) is 11.8 Å². The van der Waals surface area contributed by atoms with E-state index in [0.29, 0.717) is 5.75 Å². The molecular formula is C17H25NO4S. The van der Waals surface area contributed by atoms with Crippen molar-refractivity contribution in [1.82, 2.24) is 5.32 Å². The molecule has 5 nitrogen and oxygen atoms in total. The van der Waals surface area contributed by atoms with Crippen LogP contribution >= 0.6 is 11.8 Å². The molecule has 1 rings (SSSR count). The molecule has 1 aromatic rings. The van der Waals surface area contributed by atoms with Crippen LogP contribution in [0.2, 0.25) is 0 Å². The molecule has 0 aliphatic rings. The summed E-state index contributed by atoms with van der Waals surface area (Å²) in [5.41, 5.74) is -0.622. The molecule has 128 valence electrons. The van der Waals surface area contributed by atoms with Crippen molar-refractivity contribution in [2.75, 3.05) is 5.75 Å². The Morgan fingerprint density at radius 1 is 1.17 bits per heavy atom. The lowest BCUT2D eigenvalue weighted by atomic mass is 10.2. The summed E-state index contributed by atoms with van der Waals surface area (Å²) in [7, 11) is 0. The quantitative estimate of drug-likeness (QED) is 0.633. The Morgan fingerprint density at radius 2 is 1.78 bits per heavy atom. The lowest BCUT2D eigenvalue weighted by molar-refractivity contribution is -0.149. The topological polar surface area (TPSA) is 64.6 Å². The van der Waals surface area contributed by atoms with Crippen molar-refractivity contribution >= 4 is 23.8 Å². The third-order valence-corrected chi connectivity index (χ3v) is 3.59. The Hall–Kier alpha value is -1.69. The van der Waals surface area contributed by atoms with Crippen molar-refractivity contribution in [3.63, 3.8) is 0 Å². The first-order valence-electron chi connectivity index (χ1n) is 7.55. The van der Waals surface area contributed by atoms with E-state index in [9.17, 15) is 9.59 Å². The van der Waals surface area contributed by atoms with E-state index in [4.69, 9.17) is 9.47 Å². The molecule has 1 atom stereocenters. The van der Waals surface area contributed by atoms with E-state index >= 15 is 0 Å². The first-order chi connectivity index (χ1) is 10.7. The molecule has 0 bridgehead atoms. The number of hydrogen-bond acceptors (Lipinski definition) is 5. The van der Waals surface area contributed by atoms with E-state index in [1.54, 1.807) is 34.6 Å². The predicted molar refractivity (Wildman–Crippen MR) is 91.6 cm³/mol. The number of ether oxygens (including phenoxy) is 2. The van der Waals surface area contributed by atoms with Crippen molar-refractivity contribution < 1.29 is 19.1 Å². The maximum absolute atomic E-state index is 12.2. The largest absolute Gasteiger partial charge is 0.461 e. The fourth-order valence-electron chi connectivity index (χ4n) is 1.63. The van der Waals surface area contributed by atoms with Crippen LogP contribution in [0.25, 0.3) is 0 Å². The Morgan fingerprint density at radius 3 is 2.30 bits per heavy atom. The summed E-state index contributed by atoms with van der Waals surface area (Å²) in [4.78, 5) is 25.1. The Labute approximate surface area is 142 Å². The highest BCUT2D eigenvalue weighted by molar-refractivity contribution is 7.99. The van der Waals surface area contributed by atoms with Crippen LogP contribution in [-0.4, -0.2) is 35.6 Å². The highest BCUT2D eigenvalue weighted by atomic mass is 32.2. The second-order valence-electron chi connectivity index (χ2n) is 6.31. The average Bonchev–Trinajstić information content (AvgIpc) is 2.41.